The molecule has 0 bridgehead atoms. The fraction of sp³-hybridized carbons (Fsp3) is 1.00. The highest BCUT2D eigenvalue weighted by Gasteiger charge is 2.29. The molecule has 1 saturated heterocycles. The number of piperidine rings is 1. The van der Waals surface area contributed by atoms with Crippen molar-refractivity contribution >= 4 is 0 Å². The molecule has 0 amide bonds. The van der Waals surface area contributed by atoms with Gasteiger partial charge in [0.25, 0.3) is 0 Å². The second kappa shape index (κ2) is 3.30. The van der Waals surface area contributed by atoms with Crippen molar-refractivity contribution in [3.8, 4) is 0 Å². The van der Waals surface area contributed by atoms with Crippen LogP contribution in [0.5, 0.6) is 0 Å². The smallest absolute Gasteiger partial charge is 0.0927 e. The summed E-state index contributed by atoms with van der Waals surface area (Å²) in [5, 5.41) is 29.8. The van der Waals surface area contributed by atoms with Gasteiger partial charge in [0.15, 0.2) is 0 Å². The summed E-state index contributed by atoms with van der Waals surface area (Å²) in [6, 6.07) is 0. The molecule has 1 aliphatic rings. The zero-order valence-corrected chi connectivity index (χ0v) is 5.70. The monoisotopic (exact) mass is 147 g/mol. The van der Waals surface area contributed by atoms with Crippen LogP contribution < -0.4 is 5.32 Å². The van der Waals surface area contributed by atoms with Crippen LogP contribution in [0, 0.1) is 5.92 Å². The number of aliphatic hydroxyl groups excluding tert-OH is 3. The number of hydrogen-bond acceptors (Lipinski definition) is 4. The molecule has 0 spiro atoms. The number of rotatable bonds is 1. The van der Waals surface area contributed by atoms with Crippen LogP contribution in [0.3, 0.4) is 0 Å². The van der Waals surface area contributed by atoms with E-state index in [4.69, 9.17) is 10.2 Å². The van der Waals surface area contributed by atoms with Gasteiger partial charge in [-0.1, -0.05) is 0 Å². The molecule has 4 nitrogen and oxygen atoms in total. The average Bonchev–Trinajstić information content (AvgIpc) is 1.95. The van der Waals surface area contributed by atoms with E-state index in [1.54, 1.807) is 0 Å². The van der Waals surface area contributed by atoms with Gasteiger partial charge in [0.2, 0.25) is 0 Å². The van der Waals surface area contributed by atoms with Crippen LogP contribution in [-0.4, -0.2) is 47.2 Å². The van der Waals surface area contributed by atoms with E-state index in [1.807, 2.05) is 0 Å². The Bertz CT molecular complexity index is 109. The summed E-state index contributed by atoms with van der Waals surface area (Å²) in [6.45, 7) is 0.914. The van der Waals surface area contributed by atoms with E-state index in [0.717, 1.165) is 0 Å². The van der Waals surface area contributed by atoms with Gasteiger partial charge in [0, 0.05) is 25.6 Å². The van der Waals surface area contributed by atoms with Crippen LogP contribution in [0.4, 0.5) is 0 Å². The van der Waals surface area contributed by atoms with Gasteiger partial charge in [0.05, 0.1) is 12.2 Å². The van der Waals surface area contributed by atoms with Gasteiger partial charge in [-0.3, -0.25) is 0 Å². The minimum absolute atomic E-state index is 0.0781. The van der Waals surface area contributed by atoms with Gasteiger partial charge in [-0.25, -0.2) is 0 Å². The maximum Gasteiger partial charge on any atom is 0.0927 e. The van der Waals surface area contributed by atoms with E-state index in [9.17, 15) is 5.11 Å². The van der Waals surface area contributed by atoms with Gasteiger partial charge >= 0.3 is 0 Å². The zero-order valence-electron chi connectivity index (χ0n) is 5.70. The van der Waals surface area contributed by atoms with Crippen LogP contribution in [0.2, 0.25) is 0 Å². The van der Waals surface area contributed by atoms with Crippen molar-refractivity contribution in [3.63, 3.8) is 0 Å². The van der Waals surface area contributed by atoms with Crippen molar-refractivity contribution in [2.45, 2.75) is 12.2 Å². The molecule has 0 aromatic rings. The summed E-state index contributed by atoms with van der Waals surface area (Å²) >= 11 is 0. The largest absolute Gasteiger partial charge is 0.396 e. The molecule has 0 saturated carbocycles. The summed E-state index contributed by atoms with van der Waals surface area (Å²) in [6.07, 6.45) is -1.50. The Balaban J connectivity index is 2.42. The summed E-state index contributed by atoms with van der Waals surface area (Å²) < 4.78 is 0. The third-order valence-electron chi connectivity index (χ3n) is 1.87. The Morgan fingerprint density at radius 2 is 2.00 bits per heavy atom. The predicted molar refractivity (Wildman–Crippen MR) is 35.5 cm³/mol. The maximum absolute atomic E-state index is 9.19. The molecule has 60 valence electrons. The highest BCUT2D eigenvalue weighted by molar-refractivity contribution is 4.83. The first kappa shape index (κ1) is 7.94. The molecular formula is C6H13NO3. The molecule has 0 unspecified atom stereocenters. The fourth-order valence-electron chi connectivity index (χ4n) is 1.14. The van der Waals surface area contributed by atoms with E-state index in [0.29, 0.717) is 13.1 Å². The van der Waals surface area contributed by atoms with Crippen LogP contribution in [-0.2, 0) is 0 Å². The van der Waals surface area contributed by atoms with Crippen LogP contribution in [0.25, 0.3) is 0 Å². The molecule has 1 rings (SSSR count). The molecule has 0 aromatic heterocycles. The minimum atomic E-state index is -0.772. The topological polar surface area (TPSA) is 72.7 Å². The van der Waals surface area contributed by atoms with Gasteiger partial charge in [0.1, 0.15) is 0 Å². The van der Waals surface area contributed by atoms with E-state index >= 15 is 0 Å². The number of nitrogens with one attached hydrogen (secondary N) is 1. The number of hydrogen-bond donors (Lipinski definition) is 4. The fourth-order valence-corrected chi connectivity index (χ4v) is 1.14. The van der Waals surface area contributed by atoms with Crippen LogP contribution >= 0.6 is 0 Å². The Morgan fingerprint density at radius 3 is 2.50 bits per heavy atom. The first-order valence-electron chi connectivity index (χ1n) is 3.43. The number of aliphatic hydroxyl groups is 3. The summed E-state index contributed by atoms with van der Waals surface area (Å²) in [5.74, 6) is -0.219. The molecule has 4 N–H and O–H groups in total. The second-order valence-electron chi connectivity index (χ2n) is 2.66. The normalized spacial score (nSPS) is 41.7. The van der Waals surface area contributed by atoms with Crippen LogP contribution in [0.1, 0.15) is 0 Å². The summed E-state index contributed by atoms with van der Waals surface area (Å²) in [5.41, 5.74) is 0. The Morgan fingerprint density at radius 1 is 1.30 bits per heavy atom. The summed E-state index contributed by atoms with van der Waals surface area (Å²) in [4.78, 5) is 0. The van der Waals surface area contributed by atoms with Crippen molar-refractivity contribution in [3.05, 3.63) is 0 Å². The third-order valence-corrected chi connectivity index (χ3v) is 1.87. The van der Waals surface area contributed by atoms with Crippen molar-refractivity contribution in [1.29, 1.82) is 0 Å². The molecule has 1 aliphatic heterocycles. The maximum atomic E-state index is 9.19. The lowest BCUT2D eigenvalue weighted by atomic mass is 9.95. The summed E-state index contributed by atoms with van der Waals surface area (Å²) in [7, 11) is 0. The molecule has 3 atom stereocenters. The predicted octanol–water partition coefficient (Wildman–Crippen LogP) is -2.08. The number of β-amino-alcohol motifs (C(OH)–C–C–N with tert-alkyl or cyclic N) is 1. The second-order valence-corrected chi connectivity index (χ2v) is 2.66. The van der Waals surface area contributed by atoms with Crippen molar-refractivity contribution in [2.75, 3.05) is 19.7 Å². The van der Waals surface area contributed by atoms with Gasteiger partial charge in [-0.2, -0.15) is 0 Å². The molecule has 4 heteroatoms. The van der Waals surface area contributed by atoms with E-state index < -0.39 is 12.2 Å². The van der Waals surface area contributed by atoms with Crippen LogP contribution in [0.15, 0.2) is 0 Å². The lowest BCUT2D eigenvalue weighted by Gasteiger charge is -2.30. The van der Waals surface area contributed by atoms with E-state index in [-0.39, 0.29) is 12.5 Å². The first-order valence-corrected chi connectivity index (χ1v) is 3.43. The molecule has 0 aliphatic carbocycles. The standard InChI is InChI=1S/C6H13NO3/c8-3-4-1-7-2-5(9)6(4)10/h4-10H,1-3H2/t4-,5+,6-/m0/s1. The molecule has 10 heavy (non-hydrogen) atoms. The van der Waals surface area contributed by atoms with E-state index in [1.165, 1.54) is 0 Å². The highest BCUT2D eigenvalue weighted by Crippen LogP contribution is 2.10. The average molecular weight is 147 g/mol. The SMILES string of the molecule is OC[C@@H]1CNC[C@@H](O)[C@H]1O. The molecular weight excluding hydrogens is 134 g/mol. The van der Waals surface area contributed by atoms with E-state index in [2.05, 4.69) is 5.32 Å². The highest BCUT2D eigenvalue weighted by atomic mass is 16.3. The molecule has 1 heterocycles. The third kappa shape index (κ3) is 1.46. The quantitative estimate of drug-likeness (QED) is 0.343. The molecule has 0 aromatic carbocycles. The lowest BCUT2D eigenvalue weighted by molar-refractivity contribution is -0.0490. The van der Waals surface area contributed by atoms with Crippen molar-refractivity contribution in [1.82, 2.24) is 5.32 Å². The first-order chi connectivity index (χ1) is 4.75. The van der Waals surface area contributed by atoms with Crippen molar-refractivity contribution in [2.24, 2.45) is 5.92 Å². The zero-order chi connectivity index (χ0) is 7.56. The Labute approximate surface area is 59.5 Å². The van der Waals surface area contributed by atoms with Gasteiger partial charge in [-0.15, -0.1) is 0 Å². The Kier molecular flexibility index (Phi) is 2.62. The van der Waals surface area contributed by atoms with Gasteiger partial charge < -0.3 is 20.6 Å². The lowest BCUT2D eigenvalue weighted by Crippen LogP contribution is -2.51. The van der Waals surface area contributed by atoms with Crippen molar-refractivity contribution < 1.29 is 15.3 Å². The molecule has 1 fully saturated rings. The molecule has 0 radical (unpaired) electrons. The van der Waals surface area contributed by atoms with Gasteiger partial charge in [-0.05, 0) is 0 Å². The minimum Gasteiger partial charge on any atom is -0.396 e. The Hall–Kier alpha value is -0.160.